The minimum atomic E-state index is 0.586. The third-order valence-electron chi connectivity index (χ3n) is 2.83. The van der Waals surface area contributed by atoms with Crippen LogP contribution < -0.4 is 0 Å². The van der Waals surface area contributed by atoms with Crippen LogP contribution in [0.2, 0.25) is 0 Å². The van der Waals surface area contributed by atoms with Gasteiger partial charge >= 0.3 is 0 Å². The first kappa shape index (κ1) is 9.43. The molecule has 0 N–H and O–H groups in total. The number of nitrogens with zero attached hydrogens (tertiary/aromatic N) is 2. The van der Waals surface area contributed by atoms with Crippen LogP contribution in [-0.2, 0) is 0 Å². The summed E-state index contributed by atoms with van der Waals surface area (Å²) in [5, 5.41) is 8.40. The second-order valence-corrected chi connectivity index (χ2v) is 3.49. The van der Waals surface area contributed by atoms with Gasteiger partial charge in [0.25, 0.3) is 0 Å². The average molecular weight is 166 g/mol. The highest BCUT2D eigenvalue weighted by Gasteiger charge is 2.25. The van der Waals surface area contributed by atoms with Gasteiger partial charge in [-0.2, -0.15) is 10.2 Å². The van der Waals surface area contributed by atoms with Gasteiger partial charge in [0.15, 0.2) is 0 Å². The van der Waals surface area contributed by atoms with Gasteiger partial charge in [0.2, 0.25) is 0 Å². The zero-order valence-electron chi connectivity index (χ0n) is 8.46. The van der Waals surface area contributed by atoms with E-state index in [0.29, 0.717) is 11.8 Å². The van der Waals surface area contributed by atoms with Crippen molar-refractivity contribution in [1.29, 1.82) is 0 Å². The van der Waals surface area contributed by atoms with E-state index in [4.69, 9.17) is 0 Å². The van der Waals surface area contributed by atoms with Crippen molar-refractivity contribution in [2.24, 2.45) is 22.0 Å². The summed E-state index contributed by atoms with van der Waals surface area (Å²) in [6, 6.07) is 0. The molecule has 1 aliphatic heterocycles. The molecule has 2 heteroatoms. The topological polar surface area (TPSA) is 24.7 Å². The Hall–Kier alpha value is -0.660. The van der Waals surface area contributed by atoms with E-state index in [1.807, 2.05) is 0 Å². The highest BCUT2D eigenvalue weighted by molar-refractivity contribution is 5.96. The quantitative estimate of drug-likeness (QED) is 0.602. The van der Waals surface area contributed by atoms with Gasteiger partial charge in [-0.05, 0) is 19.8 Å². The molecule has 0 amide bonds. The zero-order chi connectivity index (χ0) is 9.14. The molecule has 0 aliphatic carbocycles. The van der Waals surface area contributed by atoms with Crippen molar-refractivity contribution in [3.63, 3.8) is 0 Å². The molecule has 0 bridgehead atoms. The van der Waals surface area contributed by atoms with Crippen LogP contribution in [0.1, 0.15) is 40.5 Å². The van der Waals surface area contributed by atoms with Crippen molar-refractivity contribution in [3.05, 3.63) is 0 Å². The highest BCUT2D eigenvalue weighted by atomic mass is 15.2. The summed E-state index contributed by atoms with van der Waals surface area (Å²) in [6.45, 7) is 8.70. The third-order valence-corrected chi connectivity index (χ3v) is 2.83. The minimum absolute atomic E-state index is 0.586. The van der Waals surface area contributed by atoms with Crippen molar-refractivity contribution >= 4 is 11.4 Å². The second-order valence-electron chi connectivity index (χ2n) is 3.49. The summed E-state index contributed by atoms with van der Waals surface area (Å²) >= 11 is 0. The summed E-state index contributed by atoms with van der Waals surface area (Å²) in [7, 11) is 0. The van der Waals surface area contributed by atoms with Gasteiger partial charge in [0.1, 0.15) is 0 Å². The summed E-state index contributed by atoms with van der Waals surface area (Å²) < 4.78 is 0. The Morgan fingerprint density at radius 2 is 1.92 bits per heavy atom. The molecule has 0 aromatic carbocycles. The van der Waals surface area contributed by atoms with E-state index < -0.39 is 0 Å². The molecule has 0 aromatic rings. The molecule has 1 heterocycles. The molecule has 1 rings (SSSR count). The first-order chi connectivity index (χ1) is 5.70. The van der Waals surface area contributed by atoms with E-state index in [2.05, 4.69) is 37.9 Å². The Labute approximate surface area is 74.8 Å². The summed E-state index contributed by atoms with van der Waals surface area (Å²) in [6.07, 6.45) is 2.22. The zero-order valence-corrected chi connectivity index (χ0v) is 8.46. The lowest BCUT2D eigenvalue weighted by molar-refractivity contribution is 0.533. The average Bonchev–Trinajstić information content (AvgIpc) is 2.09. The van der Waals surface area contributed by atoms with Crippen LogP contribution in [0.4, 0.5) is 0 Å². The fourth-order valence-corrected chi connectivity index (χ4v) is 1.81. The smallest absolute Gasteiger partial charge is 0.0440 e. The number of hydrogen-bond acceptors (Lipinski definition) is 2. The molecular weight excluding hydrogens is 148 g/mol. The predicted octanol–water partition coefficient (Wildman–Crippen LogP) is 2.89. The lowest BCUT2D eigenvalue weighted by Gasteiger charge is -2.26. The highest BCUT2D eigenvalue weighted by Crippen LogP contribution is 2.24. The van der Waals surface area contributed by atoms with E-state index in [9.17, 15) is 0 Å². The van der Waals surface area contributed by atoms with Gasteiger partial charge < -0.3 is 0 Å². The molecule has 2 unspecified atom stereocenters. The number of rotatable bonds is 2. The normalized spacial score (nSPS) is 29.7. The number of hydrogen-bond donors (Lipinski definition) is 0. The Bertz CT molecular complexity index is 216. The van der Waals surface area contributed by atoms with E-state index in [0.717, 1.165) is 6.42 Å². The lowest BCUT2D eigenvalue weighted by atomic mass is 9.83. The van der Waals surface area contributed by atoms with E-state index in [-0.39, 0.29) is 0 Å². The van der Waals surface area contributed by atoms with Gasteiger partial charge in [0, 0.05) is 23.3 Å². The maximum atomic E-state index is 4.24. The van der Waals surface area contributed by atoms with Crippen molar-refractivity contribution in [2.75, 3.05) is 0 Å². The van der Waals surface area contributed by atoms with Crippen molar-refractivity contribution < 1.29 is 0 Å². The predicted molar refractivity (Wildman–Crippen MR) is 53.8 cm³/mol. The van der Waals surface area contributed by atoms with Crippen molar-refractivity contribution in [3.8, 4) is 0 Å². The molecular formula is C10H18N2. The summed E-state index contributed by atoms with van der Waals surface area (Å²) in [5.74, 6) is 1.22. The van der Waals surface area contributed by atoms with Crippen LogP contribution in [0, 0.1) is 11.8 Å². The van der Waals surface area contributed by atoms with Crippen LogP contribution in [0.15, 0.2) is 10.2 Å². The van der Waals surface area contributed by atoms with Crippen LogP contribution in [-0.4, -0.2) is 11.4 Å². The molecule has 0 spiro atoms. The fraction of sp³-hybridized carbons (Fsp3) is 0.800. The Morgan fingerprint density at radius 3 is 2.42 bits per heavy atom. The summed E-state index contributed by atoms with van der Waals surface area (Å²) in [5.41, 5.74) is 2.45. The molecule has 1 aliphatic rings. The summed E-state index contributed by atoms with van der Waals surface area (Å²) in [4.78, 5) is 0. The minimum Gasteiger partial charge on any atom is -0.160 e. The van der Waals surface area contributed by atoms with Gasteiger partial charge in [0.05, 0.1) is 0 Å². The van der Waals surface area contributed by atoms with E-state index >= 15 is 0 Å². The maximum absolute atomic E-state index is 4.24. The second kappa shape index (κ2) is 3.83. The van der Waals surface area contributed by atoms with Crippen LogP contribution in [0.3, 0.4) is 0 Å². The van der Waals surface area contributed by atoms with Crippen molar-refractivity contribution in [1.82, 2.24) is 0 Å². The Balaban J connectivity index is 2.85. The molecule has 68 valence electrons. The molecule has 0 saturated carbocycles. The SMILES string of the molecule is CCC1=NN=C(C)C(C)C1CC. The first-order valence-electron chi connectivity index (χ1n) is 4.81. The molecule has 0 aromatic heterocycles. The molecule has 12 heavy (non-hydrogen) atoms. The van der Waals surface area contributed by atoms with Gasteiger partial charge in [-0.1, -0.05) is 20.8 Å². The maximum Gasteiger partial charge on any atom is 0.0440 e. The van der Waals surface area contributed by atoms with E-state index in [1.165, 1.54) is 17.8 Å². The van der Waals surface area contributed by atoms with Crippen LogP contribution in [0.25, 0.3) is 0 Å². The molecule has 0 radical (unpaired) electrons. The Kier molecular flexibility index (Phi) is 3.01. The van der Waals surface area contributed by atoms with Crippen molar-refractivity contribution in [2.45, 2.75) is 40.5 Å². The third kappa shape index (κ3) is 1.57. The van der Waals surface area contributed by atoms with Gasteiger partial charge in [-0.3, -0.25) is 0 Å². The Morgan fingerprint density at radius 1 is 1.25 bits per heavy atom. The lowest BCUT2D eigenvalue weighted by Crippen LogP contribution is -2.28. The van der Waals surface area contributed by atoms with Crippen LogP contribution in [0.5, 0.6) is 0 Å². The largest absolute Gasteiger partial charge is 0.160 e. The molecule has 0 saturated heterocycles. The molecule has 0 fully saturated rings. The fourth-order valence-electron chi connectivity index (χ4n) is 1.81. The first-order valence-corrected chi connectivity index (χ1v) is 4.81. The monoisotopic (exact) mass is 166 g/mol. The van der Waals surface area contributed by atoms with Gasteiger partial charge in [-0.25, -0.2) is 0 Å². The van der Waals surface area contributed by atoms with Crippen LogP contribution >= 0.6 is 0 Å². The molecule has 2 nitrogen and oxygen atoms in total. The standard InChI is InChI=1S/C10H18N2/c1-5-9-7(3)8(4)11-12-10(9)6-2/h7,9H,5-6H2,1-4H3. The van der Waals surface area contributed by atoms with E-state index in [1.54, 1.807) is 0 Å². The molecule has 2 atom stereocenters. The van der Waals surface area contributed by atoms with Gasteiger partial charge in [-0.15, -0.1) is 0 Å².